The highest BCUT2D eigenvalue weighted by Gasteiger charge is 2.16. The first-order valence-corrected chi connectivity index (χ1v) is 11.2. The Labute approximate surface area is 204 Å². The molecule has 0 unspecified atom stereocenters. The topological polar surface area (TPSA) is 85.8 Å². The van der Waals surface area contributed by atoms with Crippen LogP contribution in [0.25, 0.3) is 21.8 Å². The molecule has 0 saturated carbocycles. The van der Waals surface area contributed by atoms with Crippen LogP contribution in [0.5, 0.6) is 0 Å². The molecule has 6 heteroatoms. The molecule has 6 nitrogen and oxygen atoms in total. The Morgan fingerprint density at radius 3 is 2.60 bits per heavy atom. The van der Waals surface area contributed by atoms with Crippen LogP contribution in [0.4, 0.5) is 5.69 Å². The van der Waals surface area contributed by atoms with Gasteiger partial charge in [-0.1, -0.05) is 42.3 Å². The second kappa shape index (κ2) is 10.1. The van der Waals surface area contributed by atoms with Gasteiger partial charge >= 0.3 is 0 Å². The fourth-order valence-corrected chi connectivity index (χ4v) is 4.28. The average molecular weight is 460 g/mol. The first-order chi connectivity index (χ1) is 17.0. The number of rotatable bonds is 6. The summed E-state index contributed by atoms with van der Waals surface area (Å²) in [6.07, 6.45) is 3.06. The number of anilines is 1. The Hall–Kier alpha value is -4.68. The standard InChI is InChI=1S/C29H25N5O/c1-4-5-10-21(16-30)18-33(3)28-15-22(32-26-13-8-6-12-24(26)28)19-34-27-14-9-7-11-23(27)20(2)25(17-31)29(34)35/h6-16,30H,18-19H2,1-3H3/b21-10+,30-16?. The van der Waals surface area contributed by atoms with Gasteiger partial charge in [-0.3, -0.25) is 9.78 Å². The zero-order valence-corrected chi connectivity index (χ0v) is 20.0. The molecule has 1 N–H and O–H groups in total. The molecule has 172 valence electrons. The number of nitriles is 1. The number of benzene rings is 2. The molecule has 0 aliphatic heterocycles. The number of para-hydroxylation sites is 2. The Bertz CT molecular complexity index is 1640. The highest BCUT2D eigenvalue weighted by molar-refractivity contribution is 5.92. The molecule has 0 fully saturated rings. The van der Waals surface area contributed by atoms with Gasteiger partial charge in [0.25, 0.3) is 5.56 Å². The van der Waals surface area contributed by atoms with E-state index in [4.69, 9.17) is 10.4 Å². The van der Waals surface area contributed by atoms with Crippen molar-refractivity contribution < 1.29 is 0 Å². The molecule has 0 radical (unpaired) electrons. The van der Waals surface area contributed by atoms with Gasteiger partial charge in [-0.25, -0.2) is 0 Å². The maximum absolute atomic E-state index is 13.3. The number of nitrogens with zero attached hydrogens (tertiary/aromatic N) is 4. The van der Waals surface area contributed by atoms with Crippen molar-refractivity contribution >= 4 is 33.7 Å². The number of nitrogens with one attached hydrogen (secondary N) is 1. The van der Waals surface area contributed by atoms with E-state index in [-0.39, 0.29) is 17.7 Å². The highest BCUT2D eigenvalue weighted by atomic mass is 16.1. The summed E-state index contributed by atoms with van der Waals surface area (Å²) in [6.45, 7) is 4.30. The SMILES string of the molecule is CC#C/C=C(\C=N)CN(C)c1cc(Cn2c(=O)c(C#N)c(C)c3ccccc32)nc2ccccc12. The van der Waals surface area contributed by atoms with E-state index in [1.54, 1.807) is 17.6 Å². The predicted molar refractivity (Wildman–Crippen MR) is 142 cm³/mol. The third kappa shape index (κ3) is 4.55. The number of aryl methyl sites for hydroxylation is 1. The Balaban J connectivity index is 1.86. The van der Waals surface area contributed by atoms with Crippen LogP contribution in [-0.4, -0.2) is 29.4 Å². The lowest BCUT2D eigenvalue weighted by molar-refractivity contribution is 0.770. The van der Waals surface area contributed by atoms with E-state index in [0.717, 1.165) is 33.1 Å². The number of aromatic nitrogens is 2. The van der Waals surface area contributed by atoms with Gasteiger partial charge in [0.2, 0.25) is 0 Å². The average Bonchev–Trinajstić information content (AvgIpc) is 2.88. The zero-order valence-electron chi connectivity index (χ0n) is 20.0. The minimum Gasteiger partial charge on any atom is -0.370 e. The summed E-state index contributed by atoms with van der Waals surface area (Å²) in [6, 6.07) is 19.5. The summed E-state index contributed by atoms with van der Waals surface area (Å²) >= 11 is 0. The van der Waals surface area contributed by atoms with Crippen molar-refractivity contribution in [1.29, 1.82) is 10.7 Å². The smallest absolute Gasteiger partial charge is 0.269 e. The number of likely N-dealkylation sites (N-methyl/N-ethyl adjacent to an activating group) is 1. The Morgan fingerprint density at radius 1 is 1.17 bits per heavy atom. The largest absolute Gasteiger partial charge is 0.370 e. The first-order valence-electron chi connectivity index (χ1n) is 11.2. The van der Waals surface area contributed by atoms with Crippen LogP contribution in [0.2, 0.25) is 0 Å². The molecule has 2 heterocycles. The maximum Gasteiger partial charge on any atom is 0.269 e. The van der Waals surface area contributed by atoms with Crippen molar-refractivity contribution in [2.24, 2.45) is 0 Å². The molecular weight excluding hydrogens is 434 g/mol. The van der Waals surface area contributed by atoms with Crippen LogP contribution >= 0.6 is 0 Å². The molecule has 2 aromatic carbocycles. The third-order valence-corrected chi connectivity index (χ3v) is 6.03. The van der Waals surface area contributed by atoms with Gasteiger partial charge in [0.1, 0.15) is 11.6 Å². The second-order valence-corrected chi connectivity index (χ2v) is 8.28. The monoisotopic (exact) mass is 459 g/mol. The molecule has 4 aromatic rings. The van der Waals surface area contributed by atoms with E-state index < -0.39 is 0 Å². The highest BCUT2D eigenvalue weighted by Crippen LogP contribution is 2.27. The molecule has 0 saturated heterocycles. The fraction of sp³-hybridized carbons (Fsp3) is 0.172. The van der Waals surface area contributed by atoms with Crippen LogP contribution in [0, 0.1) is 35.5 Å². The number of fused-ring (bicyclic) bond motifs is 2. The molecule has 0 amide bonds. The van der Waals surface area contributed by atoms with E-state index in [1.165, 1.54) is 6.21 Å². The lowest BCUT2D eigenvalue weighted by Crippen LogP contribution is -2.26. The first kappa shape index (κ1) is 23.5. The van der Waals surface area contributed by atoms with E-state index in [0.29, 0.717) is 17.8 Å². The Kier molecular flexibility index (Phi) is 6.76. The van der Waals surface area contributed by atoms with Crippen LogP contribution in [0.1, 0.15) is 23.7 Å². The van der Waals surface area contributed by atoms with Crippen molar-refractivity contribution in [3.05, 3.63) is 93.4 Å². The lowest BCUT2D eigenvalue weighted by Gasteiger charge is -2.22. The van der Waals surface area contributed by atoms with Gasteiger partial charge in [0, 0.05) is 36.3 Å². The molecule has 4 rings (SSSR count). The molecule has 0 spiro atoms. The van der Waals surface area contributed by atoms with Crippen molar-refractivity contribution in [2.45, 2.75) is 20.4 Å². The van der Waals surface area contributed by atoms with Gasteiger partial charge in [-0.05, 0) is 49.3 Å². The van der Waals surface area contributed by atoms with Gasteiger partial charge < -0.3 is 14.9 Å². The molecule has 0 bridgehead atoms. The molecular formula is C29H25N5O. The minimum atomic E-state index is -0.319. The summed E-state index contributed by atoms with van der Waals surface area (Å²) < 4.78 is 1.63. The van der Waals surface area contributed by atoms with Crippen LogP contribution in [0.15, 0.2) is 71.0 Å². The van der Waals surface area contributed by atoms with Crippen LogP contribution < -0.4 is 10.5 Å². The van der Waals surface area contributed by atoms with Crippen LogP contribution in [0.3, 0.4) is 0 Å². The van der Waals surface area contributed by atoms with Gasteiger partial charge in [0.15, 0.2) is 0 Å². The fourth-order valence-electron chi connectivity index (χ4n) is 4.28. The van der Waals surface area contributed by atoms with Gasteiger partial charge in [0.05, 0.1) is 23.3 Å². The van der Waals surface area contributed by atoms with Crippen molar-refractivity contribution in [3.63, 3.8) is 0 Å². The maximum atomic E-state index is 13.3. The second-order valence-electron chi connectivity index (χ2n) is 8.28. The van der Waals surface area contributed by atoms with E-state index in [9.17, 15) is 10.1 Å². The van der Waals surface area contributed by atoms with E-state index in [2.05, 4.69) is 22.8 Å². The lowest BCUT2D eigenvalue weighted by atomic mass is 10.0. The predicted octanol–water partition coefficient (Wildman–Crippen LogP) is 4.81. The molecule has 2 aromatic heterocycles. The molecule has 0 aliphatic carbocycles. The number of hydrogen-bond acceptors (Lipinski definition) is 5. The minimum absolute atomic E-state index is 0.152. The van der Waals surface area contributed by atoms with Gasteiger partial charge in [-0.2, -0.15) is 5.26 Å². The Morgan fingerprint density at radius 2 is 1.89 bits per heavy atom. The van der Waals surface area contributed by atoms with Crippen molar-refractivity contribution in [3.8, 4) is 17.9 Å². The summed E-state index contributed by atoms with van der Waals surface area (Å²) in [7, 11) is 1.96. The van der Waals surface area contributed by atoms with E-state index >= 15 is 0 Å². The number of pyridine rings is 2. The van der Waals surface area contributed by atoms with Gasteiger partial charge in [-0.15, -0.1) is 5.92 Å². The quantitative estimate of drug-likeness (QED) is 0.331. The summed E-state index contributed by atoms with van der Waals surface area (Å²) in [5.41, 5.74) is 4.53. The summed E-state index contributed by atoms with van der Waals surface area (Å²) in [4.78, 5) is 20.2. The number of hydrogen-bond donors (Lipinski definition) is 1. The third-order valence-electron chi connectivity index (χ3n) is 6.03. The molecule has 35 heavy (non-hydrogen) atoms. The zero-order chi connectivity index (χ0) is 24.9. The normalized spacial score (nSPS) is 11.1. The molecule has 0 atom stereocenters. The van der Waals surface area contributed by atoms with Crippen molar-refractivity contribution in [2.75, 3.05) is 18.5 Å². The van der Waals surface area contributed by atoms with Crippen molar-refractivity contribution in [1.82, 2.24) is 9.55 Å². The number of allylic oxidation sites excluding steroid dienone is 1. The van der Waals surface area contributed by atoms with Crippen LogP contribution in [-0.2, 0) is 6.54 Å². The van der Waals surface area contributed by atoms with E-state index in [1.807, 2.05) is 68.6 Å². The summed E-state index contributed by atoms with van der Waals surface area (Å²) in [5.74, 6) is 5.74. The summed E-state index contributed by atoms with van der Waals surface area (Å²) in [5, 5.41) is 19.2. The molecule has 0 aliphatic rings.